The first-order valence-corrected chi connectivity index (χ1v) is 12.3. The number of nitrogens with zero attached hydrogens (tertiary/aromatic N) is 1. The second kappa shape index (κ2) is 8.71. The van der Waals surface area contributed by atoms with E-state index in [1.807, 2.05) is 18.2 Å². The fourth-order valence-corrected chi connectivity index (χ4v) is 4.96. The Hall–Kier alpha value is -3.47. The molecule has 0 bridgehead atoms. The smallest absolute Gasteiger partial charge is 0.240 e. The number of anilines is 1. The number of hydrogen-bond acceptors (Lipinski definition) is 7. The lowest BCUT2D eigenvalue weighted by molar-refractivity contribution is -0.118. The van der Waals surface area contributed by atoms with Gasteiger partial charge in [0.1, 0.15) is 5.82 Å². The van der Waals surface area contributed by atoms with Crippen molar-refractivity contribution in [2.45, 2.75) is 23.2 Å². The summed E-state index contributed by atoms with van der Waals surface area (Å²) in [5.74, 6) is 1.61. The summed E-state index contributed by atoms with van der Waals surface area (Å²) in [5, 5.41) is 11.8. The minimum atomic E-state index is -3.69. The molecule has 5 rings (SSSR count). The molecule has 0 atom stereocenters. The Labute approximate surface area is 201 Å². The quantitative estimate of drug-likeness (QED) is 0.445. The molecule has 1 aliphatic carbocycles. The number of nitrogens with one attached hydrogen (secondary N) is 2. The fraction of sp³-hybridized carbons (Fsp3) is 0.250. The molecular formula is C24H29N3O6S. The number of fused-ring (bicyclic) bond motifs is 1. The Morgan fingerprint density at radius 2 is 1.82 bits per heavy atom. The number of carbonyl (C=O) groups is 1. The van der Waals surface area contributed by atoms with Gasteiger partial charge in [-0.15, -0.1) is 0 Å². The molecule has 1 amide bonds. The van der Waals surface area contributed by atoms with Crippen molar-refractivity contribution in [3.63, 3.8) is 0 Å². The monoisotopic (exact) mass is 487 g/mol. The second-order valence-corrected chi connectivity index (χ2v) is 9.93. The van der Waals surface area contributed by atoms with E-state index in [4.69, 9.17) is 14.6 Å². The first-order valence-electron chi connectivity index (χ1n) is 10.8. The highest BCUT2D eigenvalue weighted by atomic mass is 32.2. The van der Waals surface area contributed by atoms with Gasteiger partial charge in [-0.1, -0.05) is 24.3 Å². The number of pyridine rings is 1. The molecule has 10 heteroatoms. The molecule has 182 valence electrons. The third-order valence-electron chi connectivity index (χ3n) is 5.96. The van der Waals surface area contributed by atoms with Gasteiger partial charge in [0.25, 0.3) is 0 Å². The Kier molecular flexibility index (Phi) is 5.72. The van der Waals surface area contributed by atoms with Gasteiger partial charge in [0.05, 0.1) is 22.6 Å². The van der Waals surface area contributed by atoms with E-state index >= 15 is 0 Å². The molecule has 2 heterocycles. The Balaban J connectivity index is 0.00000160. The lowest BCUT2D eigenvalue weighted by atomic mass is 9.94. The third-order valence-corrected chi connectivity index (χ3v) is 7.44. The second-order valence-electron chi connectivity index (χ2n) is 8.16. The van der Waals surface area contributed by atoms with Gasteiger partial charge in [-0.25, -0.2) is 18.1 Å². The van der Waals surface area contributed by atoms with Crippen molar-refractivity contribution in [2.24, 2.45) is 0 Å². The molecule has 0 radical (unpaired) electrons. The summed E-state index contributed by atoms with van der Waals surface area (Å²) in [6.07, 6.45) is 1.47. The summed E-state index contributed by atoms with van der Waals surface area (Å²) in [5.41, 5.74) is 1.57. The number of rotatable bonds is 8. The number of aliphatic hydroxyl groups excluding tert-OH is 1. The standard InChI is InChI=1S/C24H23N3O6S.3H2/c28-13-12-25-34(30,31)18-7-4-16(5-8-18)19-2-1-3-22(26-19)27-23(29)24(10-11-24)17-6-9-20-21(14-17)33-15-32-20;;;/h1-9,14,25,28H,10-13,15H2,(H,26,27,29);3*1H. The van der Waals surface area contributed by atoms with E-state index in [0.29, 0.717) is 28.6 Å². The number of aromatic nitrogens is 1. The maximum Gasteiger partial charge on any atom is 0.240 e. The molecule has 1 fully saturated rings. The molecular weight excluding hydrogens is 458 g/mol. The summed E-state index contributed by atoms with van der Waals surface area (Å²) in [6, 6.07) is 17.1. The van der Waals surface area contributed by atoms with Gasteiger partial charge in [-0.05, 0) is 54.8 Å². The summed E-state index contributed by atoms with van der Waals surface area (Å²) in [6.45, 7) is -0.155. The average Bonchev–Trinajstić information content (AvgIpc) is 3.54. The maximum absolute atomic E-state index is 13.2. The van der Waals surface area contributed by atoms with E-state index < -0.39 is 15.4 Å². The molecule has 0 saturated heterocycles. The van der Waals surface area contributed by atoms with E-state index in [2.05, 4.69) is 15.0 Å². The zero-order chi connectivity index (χ0) is 23.8. The van der Waals surface area contributed by atoms with Gasteiger partial charge in [0, 0.05) is 16.4 Å². The van der Waals surface area contributed by atoms with Crippen LogP contribution in [0.3, 0.4) is 0 Å². The van der Waals surface area contributed by atoms with Crippen LogP contribution in [0.25, 0.3) is 11.3 Å². The lowest BCUT2D eigenvalue weighted by Crippen LogP contribution is -2.28. The highest BCUT2D eigenvalue weighted by Crippen LogP contribution is 2.51. The summed E-state index contributed by atoms with van der Waals surface area (Å²) in [4.78, 5) is 17.8. The van der Waals surface area contributed by atoms with E-state index in [1.54, 1.807) is 30.3 Å². The van der Waals surface area contributed by atoms with Crippen LogP contribution in [0.2, 0.25) is 0 Å². The first-order chi connectivity index (χ1) is 16.4. The van der Waals surface area contributed by atoms with Gasteiger partial charge in [-0.3, -0.25) is 4.79 Å². The molecule has 2 aromatic carbocycles. The minimum Gasteiger partial charge on any atom is -0.454 e. The lowest BCUT2D eigenvalue weighted by Gasteiger charge is -2.16. The van der Waals surface area contributed by atoms with Crippen LogP contribution >= 0.6 is 0 Å². The summed E-state index contributed by atoms with van der Waals surface area (Å²) < 4.78 is 37.5. The topological polar surface area (TPSA) is 127 Å². The Morgan fingerprint density at radius 3 is 2.56 bits per heavy atom. The minimum absolute atomic E-state index is 0. The number of amides is 1. The zero-order valence-corrected chi connectivity index (χ0v) is 19.0. The van der Waals surface area contributed by atoms with E-state index in [1.165, 1.54) is 12.1 Å². The number of benzene rings is 2. The molecule has 9 nitrogen and oxygen atoms in total. The van der Waals surface area contributed by atoms with Crippen molar-refractivity contribution in [1.29, 1.82) is 0 Å². The van der Waals surface area contributed by atoms with Crippen molar-refractivity contribution in [1.82, 2.24) is 9.71 Å². The maximum atomic E-state index is 13.2. The Bertz CT molecular complexity index is 1350. The predicted molar refractivity (Wildman–Crippen MR) is 130 cm³/mol. The molecule has 0 spiro atoms. The van der Waals surface area contributed by atoms with Crippen LogP contribution in [0, 0.1) is 0 Å². The fourth-order valence-electron chi connectivity index (χ4n) is 3.94. The van der Waals surface area contributed by atoms with Crippen LogP contribution in [0.1, 0.15) is 22.7 Å². The van der Waals surface area contributed by atoms with Gasteiger partial charge in [-0.2, -0.15) is 0 Å². The molecule has 3 N–H and O–H groups in total. The van der Waals surface area contributed by atoms with Gasteiger partial charge < -0.3 is 19.9 Å². The van der Waals surface area contributed by atoms with E-state index in [-0.39, 0.29) is 35.0 Å². The van der Waals surface area contributed by atoms with Gasteiger partial charge >= 0.3 is 0 Å². The first kappa shape index (κ1) is 22.3. The third kappa shape index (κ3) is 4.23. The molecule has 0 unspecified atom stereocenters. The molecule has 1 aliphatic heterocycles. The number of hydrogen-bond donors (Lipinski definition) is 3. The van der Waals surface area contributed by atoms with E-state index in [9.17, 15) is 13.2 Å². The van der Waals surface area contributed by atoms with Crippen LogP contribution < -0.4 is 19.5 Å². The average molecular weight is 488 g/mol. The molecule has 2 aliphatic rings. The van der Waals surface area contributed by atoms with Crippen molar-refractivity contribution in [3.8, 4) is 22.8 Å². The van der Waals surface area contributed by atoms with E-state index in [0.717, 1.165) is 18.4 Å². The normalized spacial score (nSPS) is 15.7. The highest BCUT2D eigenvalue weighted by Gasteiger charge is 2.51. The number of carbonyl (C=O) groups excluding carboxylic acids is 1. The van der Waals surface area contributed by atoms with Gasteiger partial charge in [0.15, 0.2) is 11.5 Å². The van der Waals surface area contributed by atoms with Crippen molar-refractivity contribution >= 4 is 21.7 Å². The zero-order valence-electron chi connectivity index (χ0n) is 18.2. The van der Waals surface area contributed by atoms with Crippen molar-refractivity contribution in [2.75, 3.05) is 25.3 Å². The molecule has 1 saturated carbocycles. The van der Waals surface area contributed by atoms with Crippen LogP contribution in [-0.4, -0.2) is 44.4 Å². The largest absolute Gasteiger partial charge is 0.454 e. The van der Waals surface area contributed by atoms with Crippen molar-refractivity contribution in [3.05, 3.63) is 66.2 Å². The number of sulfonamides is 1. The van der Waals surface area contributed by atoms with Crippen molar-refractivity contribution < 1.29 is 32.1 Å². The predicted octanol–water partition coefficient (Wildman–Crippen LogP) is 3.16. The molecule has 1 aromatic heterocycles. The summed E-state index contributed by atoms with van der Waals surface area (Å²) >= 11 is 0. The van der Waals surface area contributed by atoms with Crippen LogP contribution in [-0.2, 0) is 20.2 Å². The molecule has 3 aromatic rings. The van der Waals surface area contributed by atoms with Crippen LogP contribution in [0.4, 0.5) is 5.82 Å². The van der Waals surface area contributed by atoms with Crippen LogP contribution in [0.5, 0.6) is 11.5 Å². The molecule has 34 heavy (non-hydrogen) atoms. The SMILES string of the molecule is O=C(Nc1cccc(-c2ccc(S(=O)(=O)NCCO)cc2)n1)C1(c2ccc3c(c2)OCO3)CC1.[HH].[HH].[HH]. The number of aliphatic hydroxyl groups is 1. The van der Waals surface area contributed by atoms with Gasteiger partial charge in [0.2, 0.25) is 22.7 Å². The summed E-state index contributed by atoms with van der Waals surface area (Å²) in [7, 11) is -3.69. The van der Waals surface area contributed by atoms with Crippen LogP contribution in [0.15, 0.2) is 65.6 Å². The highest BCUT2D eigenvalue weighted by molar-refractivity contribution is 7.89. The number of ether oxygens (including phenoxy) is 2. The Morgan fingerprint density at radius 1 is 1.06 bits per heavy atom.